The fourth-order valence-corrected chi connectivity index (χ4v) is 2.44. The van der Waals surface area contributed by atoms with Crippen LogP contribution in [-0.4, -0.2) is 33.1 Å². The molecule has 1 N–H and O–H groups in total. The van der Waals surface area contributed by atoms with Gasteiger partial charge in [0.2, 0.25) is 0 Å². The minimum atomic E-state index is -3.04. The lowest BCUT2D eigenvalue weighted by Crippen LogP contribution is -2.26. The molecule has 0 heterocycles. The van der Waals surface area contributed by atoms with E-state index in [0.717, 1.165) is 0 Å². The smallest absolute Gasteiger partial charge is 0.387 e. The average Bonchev–Trinajstić information content (AvgIpc) is 2.38. The van der Waals surface area contributed by atoms with E-state index in [0.29, 0.717) is 5.56 Å². The summed E-state index contributed by atoms with van der Waals surface area (Å²) in [6.45, 7) is 0.737. The molecule has 1 aromatic rings. The highest BCUT2D eigenvalue weighted by Gasteiger charge is 2.15. The molecule has 1 atom stereocenters. The van der Waals surface area contributed by atoms with Gasteiger partial charge in [0, 0.05) is 23.9 Å². The van der Waals surface area contributed by atoms with Crippen molar-refractivity contribution in [1.29, 1.82) is 0 Å². The summed E-state index contributed by atoms with van der Waals surface area (Å²) in [7, 11) is -3.04. The number of benzene rings is 1. The first-order chi connectivity index (χ1) is 9.35. The van der Waals surface area contributed by atoms with Gasteiger partial charge in [0.15, 0.2) is 9.84 Å². The molecule has 0 aliphatic rings. The molecule has 4 nitrogen and oxygen atoms in total. The summed E-state index contributed by atoms with van der Waals surface area (Å²) in [4.78, 5) is 0. The van der Waals surface area contributed by atoms with Gasteiger partial charge in [-0.1, -0.05) is 25.1 Å². The number of nitrogens with one attached hydrogen (secondary N) is 1. The molecular formula is C13H19F2NO3S. The summed E-state index contributed by atoms with van der Waals surface area (Å²) in [5, 5.41) is 3.00. The van der Waals surface area contributed by atoms with Crippen LogP contribution in [0.4, 0.5) is 8.78 Å². The summed E-state index contributed by atoms with van der Waals surface area (Å²) in [6, 6.07) is 6.17. The third-order valence-electron chi connectivity index (χ3n) is 2.90. The molecule has 0 aliphatic carbocycles. The zero-order valence-corrected chi connectivity index (χ0v) is 12.3. The maximum Gasteiger partial charge on any atom is 0.387 e. The average molecular weight is 307 g/mol. The molecule has 0 aliphatic heterocycles. The van der Waals surface area contributed by atoms with Crippen molar-refractivity contribution < 1.29 is 21.9 Å². The first kappa shape index (κ1) is 16.8. The zero-order valence-electron chi connectivity index (χ0n) is 11.5. The SMILES string of the molecule is CCS(=O)(=O)CCNC(C)c1ccccc1OC(F)F. The van der Waals surface area contributed by atoms with Gasteiger partial charge in [0.25, 0.3) is 0 Å². The topological polar surface area (TPSA) is 55.4 Å². The van der Waals surface area contributed by atoms with Crippen molar-refractivity contribution >= 4 is 9.84 Å². The monoisotopic (exact) mass is 307 g/mol. The minimum absolute atomic E-state index is 0.0196. The molecule has 1 unspecified atom stereocenters. The van der Waals surface area contributed by atoms with E-state index < -0.39 is 16.4 Å². The fraction of sp³-hybridized carbons (Fsp3) is 0.538. The second-order valence-electron chi connectivity index (χ2n) is 4.33. The molecule has 0 radical (unpaired) electrons. The predicted octanol–water partition coefficient (Wildman–Crippen LogP) is 2.37. The largest absolute Gasteiger partial charge is 0.434 e. The highest BCUT2D eigenvalue weighted by atomic mass is 32.2. The van der Waals surface area contributed by atoms with Crippen LogP contribution in [0.25, 0.3) is 0 Å². The Hall–Kier alpha value is -1.21. The highest BCUT2D eigenvalue weighted by Crippen LogP contribution is 2.26. The highest BCUT2D eigenvalue weighted by molar-refractivity contribution is 7.91. The number of rotatable bonds is 8. The van der Waals surface area contributed by atoms with Crippen LogP contribution in [0.2, 0.25) is 0 Å². The second kappa shape index (κ2) is 7.54. The number of halogens is 2. The Morgan fingerprint density at radius 1 is 1.30 bits per heavy atom. The Morgan fingerprint density at radius 3 is 2.55 bits per heavy atom. The van der Waals surface area contributed by atoms with Crippen LogP contribution in [0.1, 0.15) is 25.5 Å². The van der Waals surface area contributed by atoms with E-state index in [4.69, 9.17) is 0 Å². The van der Waals surface area contributed by atoms with Gasteiger partial charge in [-0.15, -0.1) is 0 Å². The summed E-state index contributed by atoms with van der Waals surface area (Å²) < 4.78 is 51.8. The third-order valence-corrected chi connectivity index (χ3v) is 4.61. The van der Waals surface area contributed by atoms with E-state index in [1.807, 2.05) is 0 Å². The molecule has 1 rings (SSSR count). The standard InChI is InChI=1S/C13H19F2NO3S/c1-3-20(17,18)9-8-16-10(2)11-6-4-5-7-12(11)19-13(14)15/h4-7,10,13,16H,3,8-9H2,1-2H3. The van der Waals surface area contributed by atoms with Crippen LogP contribution in [0.3, 0.4) is 0 Å². The molecule has 0 saturated carbocycles. The minimum Gasteiger partial charge on any atom is -0.434 e. The number of alkyl halides is 2. The molecule has 0 saturated heterocycles. The maximum absolute atomic E-state index is 12.3. The lowest BCUT2D eigenvalue weighted by molar-refractivity contribution is -0.0506. The Balaban J connectivity index is 2.65. The lowest BCUT2D eigenvalue weighted by Gasteiger charge is -2.18. The number of hydrogen-bond donors (Lipinski definition) is 1. The van der Waals surface area contributed by atoms with Crippen molar-refractivity contribution in [3.63, 3.8) is 0 Å². The van der Waals surface area contributed by atoms with Crippen LogP contribution >= 0.6 is 0 Å². The summed E-state index contributed by atoms with van der Waals surface area (Å²) in [6.07, 6.45) is 0. The van der Waals surface area contributed by atoms with Gasteiger partial charge in [-0.3, -0.25) is 0 Å². The Bertz CT molecular complexity index is 520. The van der Waals surface area contributed by atoms with Crippen molar-refractivity contribution in [1.82, 2.24) is 5.32 Å². The van der Waals surface area contributed by atoms with Gasteiger partial charge < -0.3 is 10.1 Å². The van der Waals surface area contributed by atoms with Crippen molar-refractivity contribution in [2.75, 3.05) is 18.1 Å². The van der Waals surface area contributed by atoms with Gasteiger partial charge in [0.1, 0.15) is 5.75 Å². The molecule has 0 fully saturated rings. The van der Waals surface area contributed by atoms with Gasteiger partial charge in [-0.2, -0.15) is 8.78 Å². The quantitative estimate of drug-likeness (QED) is 0.801. The summed E-state index contributed by atoms with van der Waals surface area (Å²) in [5.74, 6) is 0.209. The molecule has 0 amide bonds. The number of ether oxygens (including phenoxy) is 1. The normalized spacial score (nSPS) is 13.4. The van der Waals surface area contributed by atoms with Gasteiger partial charge >= 0.3 is 6.61 Å². The van der Waals surface area contributed by atoms with E-state index in [9.17, 15) is 17.2 Å². The second-order valence-corrected chi connectivity index (χ2v) is 6.80. The molecule has 0 aromatic heterocycles. The lowest BCUT2D eigenvalue weighted by atomic mass is 10.1. The van der Waals surface area contributed by atoms with E-state index in [-0.39, 0.29) is 29.8 Å². The van der Waals surface area contributed by atoms with Gasteiger partial charge in [-0.05, 0) is 13.0 Å². The molecule has 0 spiro atoms. The number of hydrogen-bond acceptors (Lipinski definition) is 4. The van der Waals surface area contributed by atoms with Crippen LogP contribution in [0.5, 0.6) is 5.75 Å². The van der Waals surface area contributed by atoms with Crippen LogP contribution in [0, 0.1) is 0 Å². The van der Waals surface area contributed by atoms with E-state index in [1.165, 1.54) is 6.07 Å². The van der Waals surface area contributed by atoms with E-state index >= 15 is 0 Å². The van der Waals surface area contributed by atoms with Crippen LogP contribution < -0.4 is 10.1 Å². The summed E-state index contributed by atoms with van der Waals surface area (Å²) >= 11 is 0. The first-order valence-electron chi connectivity index (χ1n) is 6.33. The first-order valence-corrected chi connectivity index (χ1v) is 8.15. The van der Waals surface area contributed by atoms with Crippen molar-refractivity contribution in [3.8, 4) is 5.75 Å². The molecular weight excluding hydrogens is 288 g/mol. The number of sulfone groups is 1. The van der Waals surface area contributed by atoms with Gasteiger partial charge in [-0.25, -0.2) is 8.42 Å². The third kappa shape index (κ3) is 5.42. The van der Waals surface area contributed by atoms with Gasteiger partial charge in [0.05, 0.1) is 5.75 Å². The Labute approximate surface area is 118 Å². The van der Waals surface area contributed by atoms with Crippen LogP contribution in [0.15, 0.2) is 24.3 Å². The molecule has 7 heteroatoms. The summed E-state index contributed by atoms with van der Waals surface area (Å²) in [5.41, 5.74) is 0.571. The molecule has 114 valence electrons. The molecule has 1 aromatic carbocycles. The van der Waals surface area contributed by atoms with E-state index in [2.05, 4.69) is 10.1 Å². The van der Waals surface area contributed by atoms with E-state index in [1.54, 1.807) is 32.0 Å². The Kier molecular flexibility index (Phi) is 6.35. The van der Waals surface area contributed by atoms with Crippen LogP contribution in [-0.2, 0) is 9.84 Å². The maximum atomic E-state index is 12.3. The molecule has 0 bridgehead atoms. The zero-order chi connectivity index (χ0) is 15.2. The van der Waals surface area contributed by atoms with Crippen molar-refractivity contribution in [2.24, 2.45) is 0 Å². The number of para-hydroxylation sites is 1. The predicted molar refractivity (Wildman–Crippen MR) is 73.8 cm³/mol. The van der Waals surface area contributed by atoms with Crippen molar-refractivity contribution in [3.05, 3.63) is 29.8 Å². The Morgan fingerprint density at radius 2 is 1.95 bits per heavy atom. The van der Waals surface area contributed by atoms with Crippen molar-refractivity contribution in [2.45, 2.75) is 26.5 Å². The fourth-order valence-electron chi connectivity index (χ4n) is 1.73. The molecule has 20 heavy (non-hydrogen) atoms.